The number of nitrogens with zero attached hydrogens (tertiary/aromatic N) is 2. The molecule has 1 saturated carbocycles. The second kappa shape index (κ2) is 12.9. The summed E-state index contributed by atoms with van der Waals surface area (Å²) >= 11 is 0. The highest BCUT2D eigenvalue weighted by atomic mass is 16.5. The van der Waals surface area contributed by atoms with Crippen molar-refractivity contribution in [3.63, 3.8) is 0 Å². The van der Waals surface area contributed by atoms with E-state index >= 15 is 0 Å². The molecule has 2 amide bonds. The van der Waals surface area contributed by atoms with E-state index in [9.17, 15) is 9.59 Å². The van der Waals surface area contributed by atoms with Crippen molar-refractivity contribution in [2.75, 3.05) is 20.2 Å². The van der Waals surface area contributed by atoms with E-state index in [2.05, 4.69) is 42.9 Å². The van der Waals surface area contributed by atoms with Gasteiger partial charge < -0.3 is 25.4 Å². The van der Waals surface area contributed by atoms with Crippen LogP contribution in [0.2, 0.25) is 0 Å². The molecule has 1 aromatic rings. The molecule has 10 heteroatoms. The first-order chi connectivity index (χ1) is 16.5. The van der Waals surface area contributed by atoms with E-state index in [0.29, 0.717) is 18.9 Å². The molecule has 2 aliphatic rings. The summed E-state index contributed by atoms with van der Waals surface area (Å²) in [4.78, 5) is 31.9. The lowest BCUT2D eigenvalue weighted by molar-refractivity contribution is 0.0591. The summed E-state index contributed by atoms with van der Waals surface area (Å²) in [7, 11) is 1.29. The Bertz CT molecular complexity index is 882. The molecule has 10 nitrogen and oxygen atoms in total. The van der Waals surface area contributed by atoms with Crippen LogP contribution in [-0.2, 0) is 4.74 Å². The predicted molar refractivity (Wildman–Crippen MR) is 128 cm³/mol. The Labute approximate surface area is 201 Å². The Balaban J connectivity index is 1.53. The molecule has 2 aliphatic carbocycles. The van der Waals surface area contributed by atoms with Crippen molar-refractivity contribution in [3.05, 3.63) is 42.0 Å². The van der Waals surface area contributed by atoms with Gasteiger partial charge in [0.2, 0.25) is 5.88 Å². The summed E-state index contributed by atoms with van der Waals surface area (Å²) in [6, 6.07) is -0.226. The maximum absolute atomic E-state index is 12.1. The number of ether oxygens (including phenoxy) is 2. The molecular weight excluding hydrogens is 436 g/mol. The molecule has 34 heavy (non-hydrogen) atoms. The fourth-order valence-corrected chi connectivity index (χ4v) is 4.02. The number of allylic oxidation sites excluding steroid dienone is 1. The number of methoxy groups -OCH3 is 1. The van der Waals surface area contributed by atoms with Gasteiger partial charge in [-0.05, 0) is 43.8 Å². The first kappa shape index (κ1) is 25.5. The highest BCUT2D eigenvalue weighted by molar-refractivity contribution is 5.86. The third kappa shape index (κ3) is 8.02. The molecule has 0 radical (unpaired) electrons. The lowest BCUT2D eigenvalue weighted by atomic mass is 9.83. The van der Waals surface area contributed by atoms with Crippen LogP contribution >= 0.6 is 0 Å². The van der Waals surface area contributed by atoms with E-state index in [4.69, 9.17) is 4.74 Å². The number of nitrogens with one attached hydrogen (secondary N) is 4. The van der Waals surface area contributed by atoms with Gasteiger partial charge in [0, 0.05) is 25.2 Å². The van der Waals surface area contributed by atoms with Gasteiger partial charge in [0.25, 0.3) is 0 Å². The largest absolute Gasteiger partial charge is 0.469 e. The van der Waals surface area contributed by atoms with Gasteiger partial charge in [-0.3, -0.25) is 10.3 Å². The fourth-order valence-electron chi connectivity index (χ4n) is 4.02. The van der Waals surface area contributed by atoms with Crippen LogP contribution in [-0.4, -0.2) is 54.6 Å². The summed E-state index contributed by atoms with van der Waals surface area (Å²) in [6.45, 7) is 5.60. The summed E-state index contributed by atoms with van der Waals surface area (Å²) in [5, 5.41) is 12.5. The number of carbonyl (C=O) groups excluding carboxylic acids is 2. The van der Waals surface area contributed by atoms with Crippen molar-refractivity contribution in [1.82, 2.24) is 31.2 Å². The van der Waals surface area contributed by atoms with E-state index in [1.165, 1.54) is 45.2 Å². The number of hydrogen-bond donors (Lipinski definition) is 4. The van der Waals surface area contributed by atoms with E-state index in [1.807, 2.05) is 25.2 Å². The number of urea groups is 1. The Morgan fingerprint density at radius 2 is 2.00 bits per heavy atom. The van der Waals surface area contributed by atoms with Gasteiger partial charge in [0.15, 0.2) is 12.0 Å². The van der Waals surface area contributed by atoms with Crippen LogP contribution in [0.15, 0.2) is 36.3 Å². The van der Waals surface area contributed by atoms with E-state index in [1.54, 1.807) is 0 Å². The van der Waals surface area contributed by atoms with Crippen LogP contribution < -0.4 is 26.0 Å². The minimum atomic E-state index is -0.565. The van der Waals surface area contributed by atoms with Crippen molar-refractivity contribution in [2.24, 2.45) is 11.8 Å². The highest BCUT2D eigenvalue weighted by Gasteiger charge is 2.21. The summed E-state index contributed by atoms with van der Waals surface area (Å²) in [5.41, 5.74) is 0.969. The van der Waals surface area contributed by atoms with Crippen molar-refractivity contribution >= 4 is 12.0 Å². The molecule has 186 valence electrons. The molecule has 0 spiro atoms. The van der Waals surface area contributed by atoms with Crippen LogP contribution in [0.25, 0.3) is 0 Å². The third-order valence-corrected chi connectivity index (χ3v) is 6.01. The normalized spacial score (nSPS) is 22.8. The zero-order valence-corrected chi connectivity index (χ0v) is 20.2. The van der Waals surface area contributed by atoms with Gasteiger partial charge in [-0.2, -0.15) is 0 Å². The number of hydrogen-bond acceptors (Lipinski definition) is 8. The smallest absolute Gasteiger partial charge is 0.358 e. The monoisotopic (exact) mass is 472 g/mol. The lowest BCUT2D eigenvalue weighted by Crippen LogP contribution is -2.57. The topological polar surface area (TPSA) is 126 Å². The van der Waals surface area contributed by atoms with Gasteiger partial charge in [0.1, 0.15) is 6.10 Å². The fraction of sp³-hybridized carbons (Fsp3) is 0.583. The first-order valence-electron chi connectivity index (χ1n) is 12.0. The zero-order chi connectivity index (χ0) is 24.3. The molecule has 4 N–H and O–H groups in total. The second-order valence-corrected chi connectivity index (χ2v) is 8.76. The second-order valence-electron chi connectivity index (χ2n) is 8.76. The summed E-state index contributed by atoms with van der Waals surface area (Å²) in [5.74, 6) is 1.11. The van der Waals surface area contributed by atoms with Gasteiger partial charge in [-0.25, -0.2) is 14.6 Å². The molecule has 0 saturated heterocycles. The summed E-state index contributed by atoms with van der Waals surface area (Å²) in [6.07, 6.45) is 13.5. The quantitative estimate of drug-likeness (QED) is 0.302. The number of aromatic nitrogens is 2. The SMILES string of the molecule is CCNC(=O)NC(NCC1CCC(C)CC1)NC1=CCC(Oc2cncc(C(=O)OC)n2)C=C1. The molecular formula is C24H36N6O4. The first-order valence-corrected chi connectivity index (χ1v) is 12.0. The van der Waals surface area contributed by atoms with E-state index in [0.717, 1.165) is 18.2 Å². The minimum absolute atomic E-state index is 0.0930. The third-order valence-electron chi connectivity index (χ3n) is 6.01. The van der Waals surface area contributed by atoms with E-state index in [-0.39, 0.29) is 23.7 Å². The van der Waals surface area contributed by atoms with Gasteiger partial charge in [-0.1, -0.05) is 25.8 Å². The van der Waals surface area contributed by atoms with Gasteiger partial charge in [-0.15, -0.1) is 0 Å². The molecule has 2 unspecified atom stereocenters. The standard InChI is InChI=1S/C24H36N6O4/c1-4-26-24(32)30-23(27-13-17-7-5-16(2)6-8-17)28-18-9-11-19(12-10-18)34-21-15-25-14-20(29-21)22(31)33-3/h9-11,14-17,19,23,27-28H,4-8,12-13H2,1-3H3,(H2,26,30,32). The maximum Gasteiger partial charge on any atom is 0.358 e. The number of carbonyl (C=O) groups is 2. The number of amides is 2. The zero-order valence-electron chi connectivity index (χ0n) is 20.2. The molecule has 0 aliphatic heterocycles. The average Bonchev–Trinajstić information content (AvgIpc) is 2.84. The molecule has 0 bridgehead atoms. The van der Waals surface area contributed by atoms with Gasteiger partial charge in [0.05, 0.1) is 19.5 Å². The van der Waals surface area contributed by atoms with Crippen molar-refractivity contribution in [3.8, 4) is 5.88 Å². The molecule has 1 aromatic heterocycles. The summed E-state index contributed by atoms with van der Waals surface area (Å²) < 4.78 is 10.5. The van der Waals surface area contributed by atoms with Gasteiger partial charge >= 0.3 is 12.0 Å². The number of esters is 1. The predicted octanol–water partition coefficient (Wildman–Crippen LogP) is 2.46. The van der Waals surface area contributed by atoms with Crippen LogP contribution in [0.4, 0.5) is 4.79 Å². The molecule has 1 heterocycles. The van der Waals surface area contributed by atoms with Crippen LogP contribution in [0, 0.1) is 11.8 Å². The Morgan fingerprint density at radius 3 is 2.68 bits per heavy atom. The van der Waals surface area contributed by atoms with Crippen molar-refractivity contribution in [2.45, 2.75) is 58.3 Å². The Morgan fingerprint density at radius 1 is 1.21 bits per heavy atom. The maximum atomic E-state index is 12.1. The molecule has 0 aromatic carbocycles. The van der Waals surface area contributed by atoms with Crippen LogP contribution in [0.1, 0.15) is 56.4 Å². The van der Waals surface area contributed by atoms with Crippen LogP contribution in [0.5, 0.6) is 5.88 Å². The average molecular weight is 473 g/mol. The van der Waals surface area contributed by atoms with Crippen molar-refractivity contribution < 1.29 is 19.1 Å². The number of rotatable bonds is 10. The molecule has 3 rings (SSSR count). The molecule has 2 atom stereocenters. The molecule has 1 fully saturated rings. The van der Waals surface area contributed by atoms with Crippen LogP contribution in [0.3, 0.4) is 0 Å². The lowest BCUT2D eigenvalue weighted by Gasteiger charge is -2.30. The highest BCUT2D eigenvalue weighted by Crippen LogP contribution is 2.27. The minimum Gasteiger partial charge on any atom is -0.469 e. The Kier molecular flexibility index (Phi) is 9.69. The van der Waals surface area contributed by atoms with Crippen molar-refractivity contribution in [1.29, 1.82) is 0 Å². The Hall–Kier alpha value is -3.14. The van der Waals surface area contributed by atoms with E-state index < -0.39 is 12.3 Å².